The van der Waals surface area contributed by atoms with Crippen molar-refractivity contribution in [2.24, 2.45) is 0 Å². The average molecular weight is 259 g/mol. The minimum absolute atomic E-state index is 0.0444. The normalized spacial score (nSPS) is 11.7. The summed E-state index contributed by atoms with van der Waals surface area (Å²) in [6.07, 6.45) is 0.906. The number of carbonyl (C=O) groups excluding carboxylic acids is 3. The standard InChI is InChI=1S/C12H21NO5/c1-4-9(14)6-7-10(12(16)17-3)13-11(15)8-18-5-2/h10H,4-8H2,1-3H3,(H,13,15)/t10-/m1/s1. The number of hydrogen-bond donors (Lipinski definition) is 1. The van der Waals surface area contributed by atoms with E-state index in [1.54, 1.807) is 13.8 Å². The highest BCUT2D eigenvalue weighted by Crippen LogP contribution is 2.02. The van der Waals surface area contributed by atoms with Gasteiger partial charge in [-0.2, -0.15) is 0 Å². The van der Waals surface area contributed by atoms with E-state index in [9.17, 15) is 14.4 Å². The van der Waals surface area contributed by atoms with Crippen molar-refractivity contribution >= 4 is 17.7 Å². The second-order valence-electron chi connectivity index (χ2n) is 3.71. The van der Waals surface area contributed by atoms with Crippen LogP contribution in [0.15, 0.2) is 0 Å². The maximum Gasteiger partial charge on any atom is 0.328 e. The van der Waals surface area contributed by atoms with Crippen LogP contribution < -0.4 is 5.32 Å². The number of ketones is 1. The Morgan fingerprint density at radius 3 is 2.39 bits per heavy atom. The van der Waals surface area contributed by atoms with E-state index in [-0.39, 0.29) is 25.2 Å². The largest absolute Gasteiger partial charge is 0.467 e. The molecular formula is C12H21NO5. The Morgan fingerprint density at radius 2 is 1.89 bits per heavy atom. The molecule has 0 aliphatic rings. The molecule has 0 spiro atoms. The van der Waals surface area contributed by atoms with Gasteiger partial charge in [-0.1, -0.05) is 6.92 Å². The summed E-state index contributed by atoms with van der Waals surface area (Å²) in [5.74, 6) is -0.900. The number of amides is 1. The number of rotatable bonds is 9. The summed E-state index contributed by atoms with van der Waals surface area (Å²) in [6, 6.07) is -0.793. The Labute approximate surface area is 107 Å². The second kappa shape index (κ2) is 9.58. The molecule has 18 heavy (non-hydrogen) atoms. The number of nitrogens with one attached hydrogen (secondary N) is 1. The van der Waals surface area contributed by atoms with Crippen LogP contribution in [0.2, 0.25) is 0 Å². The Bertz CT molecular complexity index is 290. The van der Waals surface area contributed by atoms with E-state index in [4.69, 9.17) is 4.74 Å². The van der Waals surface area contributed by atoms with Crippen molar-refractivity contribution in [1.29, 1.82) is 0 Å². The first-order valence-corrected chi connectivity index (χ1v) is 6.01. The molecule has 1 amide bonds. The van der Waals surface area contributed by atoms with Crippen LogP contribution in [0.1, 0.15) is 33.1 Å². The van der Waals surface area contributed by atoms with E-state index in [1.807, 2.05) is 0 Å². The lowest BCUT2D eigenvalue weighted by Crippen LogP contribution is -2.43. The van der Waals surface area contributed by atoms with Crippen molar-refractivity contribution in [3.8, 4) is 0 Å². The molecule has 1 atom stereocenters. The van der Waals surface area contributed by atoms with Crippen LogP contribution in [-0.2, 0) is 23.9 Å². The summed E-state index contributed by atoms with van der Waals surface area (Å²) in [4.78, 5) is 34.0. The molecule has 0 unspecified atom stereocenters. The van der Waals surface area contributed by atoms with Gasteiger partial charge < -0.3 is 14.8 Å². The summed E-state index contributed by atoms with van der Waals surface area (Å²) >= 11 is 0. The van der Waals surface area contributed by atoms with Crippen LogP contribution in [-0.4, -0.2) is 44.0 Å². The van der Waals surface area contributed by atoms with Gasteiger partial charge in [0.2, 0.25) is 5.91 Å². The van der Waals surface area contributed by atoms with Crippen molar-refractivity contribution in [2.75, 3.05) is 20.3 Å². The minimum atomic E-state index is -0.793. The summed E-state index contributed by atoms with van der Waals surface area (Å²) in [6.45, 7) is 3.84. The molecule has 1 N–H and O–H groups in total. The summed E-state index contributed by atoms with van der Waals surface area (Å²) in [5, 5.41) is 2.49. The monoisotopic (exact) mass is 259 g/mol. The molecule has 0 radical (unpaired) electrons. The third-order valence-electron chi connectivity index (χ3n) is 2.36. The minimum Gasteiger partial charge on any atom is -0.467 e. The Balaban J connectivity index is 4.27. The first-order valence-electron chi connectivity index (χ1n) is 6.01. The van der Waals surface area contributed by atoms with Crippen LogP contribution >= 0.6 is 0 Å². The Kier molecular flexibility index (Phi) is 8.82. The molecule has 0 bridgehead atoms. The van der Waals surface area contributed by atoms with E-state index in [0.29, 0.717) is 13.0 Å². The molecule has 0 aliphatic heterocycles. The lowest BCUT2D eigenvalue weighted by Gasteiger charge is -2.15. The highest BCUT2D eigenvalue weighted by atomic mass is 16.5. The molecule has 0 saturated carbocycles. The third kappa shape index (κ3) is 7.01. The van der Waals surface area contributed by atoms with Crippen molar-refractivity contribution in [1.82, 2.24) is 5.32 Å². The first kappa shape index (κ1) is 16.6. The smallest absolute Gasteiger partial charge is 0.328 e. The van der Waals surface area contributed by atoms with Gasteiger partial charge in [0.15, 0.2) is 0 Å². The second-order valence-corrected chi connectivity index (χ2v) is 3.71. The zero-order chi connectivity index (χ0) is 14.0. The maximum absolute atomic E-state index is 11.4. The predicted molar refractivity (Wildman–Crippen MR) is 65.0 cm³/mol. The predicted octanol–water partition coefficient (Wildman–Crippen LogP) is 0.440. The molecule has 0 fully saturated rings. The van der Waals surface area contributed by atoms with Crippen LogP contribution in [0.25, 0.3) is 0 Å². The van der Waals surface area contributed by atoms with Gasteiger partial charge in [0.05, 0.1) is 7.11 Å². The van der Waals surface area contributed by atoms with Crippen LogP contribution in [0.3, 0.4) is 0 Å². The summed E-state index contributed by atoms with van der Waals surface area (Å²) < 4.78 is 9.50. The number of methoxy groups -OCH3 is 1. The zero-order valence-electron chi connectivity index (χ0n) is 11.2. The topological polar surface area (TPSA) is 81.7 Å². The highest BCUT2D eigenvalue weighted by Gasteiger charge is 2.21. The maximum atomic E-state index is 11.4. The lowest BCUT2D eigenvalue weighted by molar-refractivity contribution is -0.146. The van der Waals surface area contributed by atoms with Crippen molar-refractivity contribution in [3.63, 3.8) is 0 Å². The van der Waals surface area contributed by atoms with Crippen molar-refractivity contribution < 1.29 is 23.9 Å². The van der Waals surface area contributed by atoms with E-state index in [1.165, 1.54) is 7.11 Å². The van der Waals surface area contributed by atoms with Gasteiger partial charge in [0, 0.05) is 19.4 Å². The van der Waals surface area contributed by atoms with E-state index < -0.39 is 17.9 Å². The third-order valence-corrected chi connectivity index (χ3v) is 2.36. The number of Topliss-reactive ketones (excluding diaryl/α,β-unsaturated/α-hetero) is 1. The van der Waals surface area contributed by atoms with Gasteiger partial charge in [-0.25, -0.2) is 4.79 Å². The van der Waals surface area contributed by atoms with E-state index in [0.717, 1.165) is 0 Å². The molecular weight excluding hydrogens is 238 g/mol. The average Bonchev–Trinajstić information content (AvgIpc) is 2.39. The fourth-order valence-corrected chi connectivity index (χ4v) is 1.30. The SMILES string of the molecule is CCOCC(=O)N[C@H](CCC(=O)CC)C(=O)OC. The molecule has 0 heterocycles. The number of ether oxygens (including phenoxy) is 2. The van der Waals surface area contributed by atoms with E-state index in [2.05, 4.69) is 10.1 Å². The van der Waals surface area contributed by atoms with Crippen LogP contribution in [0.4, 0.5) is 0 Å². The van der Waals surface area contributed by atoms with Crippen molar-refractivity contribution in [2.45, 2.75) is 39.2 Å². The van der Waals surface area contributed by atoms with Gasteiger partial charge in [-0.05, 0) is 13.3 Å². The molecule has 0 saturated heterocycles. The number of esters is 1. The van der Waals surface area contributed by atoms with Crippen LogP contribution in [0, 0.1) is 0 Å². The highest BCUT2D eigenvalue weighted by molar-refractivity contribution is 5.86. The molecule has 6 nitrogen and oxygen atoms in total. The lowest BCUT2D eigenvalue weighted by atomic mass is 10.1. The van der Waals surface area contributed by atoms with Crippen LogP contribution in [0.5, 0.6) is 0 Å². The fourth-order valence-electron chi connectivity index (χ4n) is 1.30. The van der Waals surface area contributed by atoms with Gasteiger partial charge in [-0.3, -0.25) is 9.59 Å². The number of carbonyl (C=O) groups is 3. The van der Waals surface area contributed by atoms with Gasteiger partial charge in [-0.15, -0.1) is 0 Å². The molecule has 0 aromatic rings. The van der Waals surface area contributed by atoms with Gasteiger partial charge >= 0.3 is 5.97 Å². The van der Waals surface area contributed by atoms with Crippen molar-refractivity contribution in [3.05, 3.63) is 0 Å². The quantitative estimate of drug-likeness (QED) is 0.608. The Hall–Kier alpha value is -1.43. The zero-order valence-corrected chi connectivity index (χ0v) is 11.2. The molecule has 0 rings (SSSR count). The molecule has 0 aromatic carbocycles. The summed E-state index contributed by atoms with van der Waals surface area (Å²) in [5.41, 5.74) is 0. The molecule has 0 aliphatic carbocycles. The Morgan fingerprint density at radius 1 is 1.22 bits per heavy atom. The fraction of sp³-hybridized carbons (Fsp3) is 0.750. The summed E-state index contributed by atoms with van der Waals surface area (Å²) in [7, 11) is 1.24. The molecule has 0 aromatic heterocycles. The first-order chi connectivity index (χ1) is 8.54. The van der Waals surface area contributed by atoms with Gasteiger partial charge in [0.1, 0.15) is 18.4 Å². The van der Waals surface area contributed by atoms with Gasteiger partial charge in [0.25, 0.3) is 0 Å². The molecule has 6 heteroatoms. The number of hydrogen-bond acceptors (Lipinski definition) is 5. The van der Waals surface area contributed by atoms with E-state index >= 15 is 0 Å². The molecule has 104 valence electrons.